The number of nitriles is 1. The third kappa shape index (κ3) is 3.35. The fraction of sp³-hybridized carbons (Fsp3) is 0.571. The lowest BCUT2D eigenvalue weighted by Gasteiger charge is -2.53. The van der Waals surface area contributed by atoms with Gasteiger partial charge in [-0.2, -0.15) is 10.2 Å². The number of rotatable bonds is 4. The summed E-state index contributed by atoms with van der Waals surface area (Å²) in [5.74, 6) is 0.864. The van der Waals surface area contributed by atoms with E-state index in [1.807, 2.05) is 27.6 Å². The molecule has 3 heterocycles. The molecule has 150 valence electrons. The van der Waals surface area contributed by atoms with E-state index in [1.165, 1.54) is 0 Å². The standard InChI is InChI=1S/C21H24N6O2/c22-11-8-18(28)26-12-21(13-26)9-6-14(7-10-21)16-2-1-3-17-23-20(25-27(16)17)24-19(29)15-4-5-15/h1-3,14-15H,4-10,12-13H2,(H,24,25,29). The second-order valence-corrected chi connectivity index (χ2v) is 8.78. The molecular weight excluding hydrogens is 368 g/mol. The number of nitrogens with one attached hydrogen (secondary N) is 1. The van der Waals surface area contributed by atoms with Crippen molar-refractivity contribution in [1.29, 1.82) is 5.26 Å². The Labute approximate surface area is 168 Å². The highest BCUT2D eigenvalue weighted by Crippen LogP contribution is 2.48. The molecular formula is C21H24N6O2. The molecule has 0 unspecified atom stereocenters. The molecule has 1 saturated heterocycles. The lowest BCUT2D eigenvalue weighted by molar-refractivity contribution is -0.144. The van der Waals surface area contributed by atoms with E-state index in [0.717, 1.165) is 63.0 Å². The maximum atomic E-state index is 12.0. The predicted octanol–water partition coefficient (Wildman–Crippen LogP) is 2.48. The number of carbonyl (C=O) groups excluding carboxylic acids is 2. The molecule has 2 aliphatic carbocycles. The topological polar surface area (TPSA) is 103 Å². The van der Waals surface area contributed by atoms with Gasteiger partial charge in [0, 0.05) is 36.0 Å². The van der Waals surface area contributed by atoms with E-state index in [9.17, 15) is 9.59 Å². The first-order chi connectivity index (χ1) is 14.1. The predicted molar refractivity (Wildman–Crippen MR) is 105 cm³/mol. The van der Waals surface area contributed by atoms with Gasteiger partial charge in [0.1, 0.15) is 6.42 Å². The molecule has 1 aliphatic heterocycles. The van der Waals surface area contributed by atoms with Gasteiger partial charge in [-0.15, -0.1) is 5.10 Å². The summed E-state index contributed by atoms with van der Waals surface area (Å²) in [6.07, 6.45) is 6.12. The molecule has 3 aliphatic rings. The van der Waals surface area contributed by atoms with E-state index in [1.54, 1.807) is 0 Å². The van der Waals surface area contributed by atoms with Crippen LogP contribution in [0.4, 0.5) is 5.95 Å². The average Bonchev–Trinajstić information content (AvgIpc) is 3.46. The van der Waals surface area contributed by atoms with Crippen LogP contribution in [0.3, 0.4) is 0 Å². The second kappa shape index (κ2) is 6.83. The van der Waals surface area contributed by atoms with Crippen LogP contribution in [0, 0.1) is 22.7 Å². The van der Waals surface area contributed by atoms with Crippen molar-refractivity contribution >= 4 is 23.4 Å². The highest BCUT2D eigenvalue weighted by molar-refractivity contribution is 5.92. The number of hydrogen-bond donors (Lipinski definition) is 1. The Bertz CT molecular complexity index is 1000. The maximum absolute atomic E-state index is 12.0. The lowest BCUT2D eigenvalue weighted by Crippen LogP contribution is -2.59. The van der Waals surface area contributed by atoms with Gasteiger partial charge in [0.05, 0.1) is 6.07 Å². The van der Waals surface area contributed by atoms with Gasteiger partial charge in [0.25, 0.3) is 0 Å². The number of anilines is 1. The third-order valence-electron chi connectivity index (χ3n) is 6.67. The summed E-state index contributed by atoms with van der Waals surface area (Å²) >= 11 is 0. The Morgan fingerprint density at radius 2 is 1.97 bits per heavy atom. The summed E-state index contributed by atoms with van der Waals surface area (Å²) in [5.41, 5.74) is 2.11. The van der Waals surface area contributed by atoms with E-state index < -0.39 is 0 Å². The van der Waals surface area contributed by atoms with Gasteiger partial charge in [-0.1, -0.05) is 6.07 Å². The maximum Gasteiger partial charge on any atom is 0.249 e. The van der Waals surface area contributed by atoms with Crippen molar-refractivity contribution < 1.29 is 9.59 Å². The number of fused-ring (bicyclic) bond motifs is 1. The quantitative estimate of drug-likeness (QED) is 0.861. The van der Waals surface area contributed by atoms with Crippen LogP contribution < -0.4 is 5.32 Å². The minimum absolute atomic E-state index is 0.0162. The molecule has 8 heteroatoms. The molecule has 2 amide bonds. The number of nitrogens with zero attached hydrogens (tertiary/aromatic N) is 5. The molecule has 8 nitrogen and oxygen atoms in total. The average molecular weight is 392 g/mol. The largest absolute Gasteiger partial charge is 0.341 e. The normalized spacial score (nSPS) is 21.0. The number of carbonyl (C=O) groups is 2. The monoisotopic (exact) mass is 392 g/mol. The number of amides is 2. The Hall–Kier alpha value is -2.95. The molecule has 5 rings (SSSR count). The van der Waals surface area contributed by atoms with E-state index >= 15 is 0 Å². The zero-order valence-electron chi connectivity index (χ0n) is 16.3. The second-order valence-electron chi connectivity index (χ2n) is 8.78. The molecule has 2 aromatic rings. The van der Waals surface area contributed by atoms with Crippen LogP contribution in [0.2, 0.25) is 0 Å². The molecule has 2 saturated carbocycles. The van der Waals surface area contributed by atoms with Crippen molar-refractivity contribution in [2.45, 2.75) is 50.9 Å². The number of hydrogen-bond acceptors (Lipinski definition) is 5. The van der Waals surface area contributed by atoms with Gasteiger partial charge in [0.15, 0.2) is 5.65 Å². The minimum atomic E-state index is -0.0478. The fourth-order valence-electron chi connectivity index (χ4n) is 4.81. The zero-order valence-corrected chi connectivity index (χ0v) is 16.3. The Kier molecular flexibility index (Phi) is 4.26. The van der Waals surface area contributed by atoms with Crippen LogP contribution >= 0.6 is 0 Å². The van der Waals surface area contributed by atoms with Crippen molar-refractivity contribution in [2.24, 2.45) is 11.3 Å². The van der Waals surface area contributed by atoms with Crippen LogP contribution in [0.15, 0.2) is 18.2 Å². The first-order valence-corrected chi connectivity index (χ1v) is 10.4. The first-order valence-electron chi connectivity index (χ1n) is 10.4. The molecule has 0 radical (unpaired) electrons. The van der Waals surface area contributed by atoms with E-state index in [0.29, 0.717) is 11.9 Å². The van der Waals surface area contributed by atoms with Crippen molar-refractivity contribution in [3.05, 3.63) is 23.9 Å². The van der Waals surface area contributed by atoms with Gasteiger partial charge < -0.3 is 4.90 Å². The van der Waals surface area contributed by atoms with Crippen LogP contribution in [0.25, 0.3) is 5.65 Å². The SMILES string of the molecule is N#CCC(=O)N1CC2(CCC(c3cccc4nc(NC(=O)C5CC5)nn34)CC2)C1. The van der Waals surface area contributed by atoms with Crippen molar-refractivity contribution in [3.63, 3.8) is 0 Å². The summed E-state index contributed by atoms with van der Waals surface area (Å²) in [6, 6.07) is 7.96. The Morgan fingerprint density at radius 3 is 2.66 bits per heavy atom. The van der Waals surface area contributed by atoms with E-state index in [2.05, 4.69) is 21.5 Å². The van der Waals surface area contributed by atoms with Crippen molar-refractivity contribution in [3.8, 4) is 6.07 Å². The van der Waals surface area contributed by atoms with Gasteiger partial charge in [-0.05, 0) is 50.7 Å². The summed E-state index contributed by atoms with van der Waals surface area (Å²) in [7, 11) is 0. The fourth-order valence-corrected chi connectivity index (χ4v) is 4.81. The molecule has 1 N–H and O–H groups in total. The minimum Gasteiger partial charge on any atom is -0.341 e. The smallest absolute Gasteiger partial charge is 0.249 e. The summed E-state index contributed by atoms with van der Waals surface area (Å²) < 4.78 is 1.87. The van der Waals surface area contributed by atoms with Gasteiger partial charge in [-0.3, -0.25) is 14.9 Å². The molecule has 0 aromatic carbocycles. The van der Waals surface area contributed by atoms with Crippen molar-refractivity contribution in [1.82, 2.24) is 19.5 Å². The third-order valence-corrected chi connectivity index (χ3v) is 6.67. The molecule has 1 spiro atoms. The Morgan fingerprint density at radius 1 is 1.21 bits per heavy atom. The van der Waals surface area contributed by atoms with Crippen LogP contribution in [0.1, 0.15) is 56.6 Å². The molecule has 0 bridgehead atoms. The number of aromatic nitrogens is 3. The molecule has 2 aromatic heterocycles. The summed E-state index contributed by atoms with van der Waals surface area (Å²) in [6.45, 7) is 1.57. The number of likely N-dealkylation sites (tertiary alicyclic amines) is 1. The van der Waals surface area contributed by atoms with Gasteiger partial charge in [0.2, 0.25) is 17.8 Å². The van der Waals surface area contributed by atoms with Crippen molar-refractivity contribution in [2.75, 3.05) is 18.4 Å². The Balaban J connectivity index is 1.26. The molecule has 29 heavy (non-hydrogen) atoms. The summed E-state index contributed by atoms with van der Waals surface area (Å²) in [4.78, 5) is 30.2. The lowest BCUT2D eigenvalue weighted by atomic mass is 9.65. The number of pyridine rings is 1. The van der Waals surface area contributed by atoms with Gasteiger partial charge in [-0.25, -0.2) is 4.52 Å². The van der Waals surface area contributed by atoms with Crippen LogP contribution in [-0.2, 0) is 9.59 Å². The van der Waals surface area contributed by atoms with Gasteiger partial charge >= 0.3 is 0 Å². The van der Waals surface area contributed by atoms with E-state index in [-0.39, 0.29) is 29.6 Å². The van der Waals surface area contributed by atoms with Crippen LogP contribution in [-0.4, -0.2) is 44.4 Å². The van der Waals surface area contributed by atoms with E-state index in [4.69, 9.17) is 5.26 Å². The molecule has 3 fully saturated rings. The zero-order chi connectivity index (χ0) is 20.0. The highest BCUT2D eigenvalue weighted by Gasteiger charge is 2.47. The van der Waals surface area contributed by atoms with Crippen LogP contribution in [0.5, 0.6) is 0 Å². The molecule has 0 atom stereocenters. The first kappa shape index (κ1) is 18.1. The highest BCUT2D eigenvalue weighted by atomic mass is 16.2. The summed E-state index contributed by atoms with van der Waals surface area (Å²) in [5, 5.41) is 16.1.